The van der Waals surface area contributed by atoms with E-state index in [0.29, 0.717) is 0 Å². The van der Waals surface area contributed by atoms with E-state index in [1.54, 1.807) is 0 Å². The molecule has 0 radical (unpaired) electrons. The van der Waals surface area contributed by atoms with Crippen molar-refractivity contribution in [1.82, 2.24) is 14.4 Å². The maximum Gasteiger partial charge on any atom is 0.181 e. The molecule has 0 bridgehead atoms. The van der Waals surface area contributed by atoms with Crippen LogP contribution >= 0.6 is 15.9 Å². The predicted octanol–water partition coefficient (Wildman–Crippen LogP) is 2.13. The lowest BCUT2D eigenvalue weighted by atomic mass is 9.73. The number of aromatic nitrogens is 3. The number of rotatable bonds is 1. The van der Waals surface area contributed by atoms with Crippen LogP contribution < -0.4 is 10.6 Å². The van der Waals surface area contributed by atoms with Crippen LogP contribution in [0.1, 0.15) is 25.5 Å². The van der Waals surface area contributed by atoms with Gasteiger partial charge in [-0.3, -0.25) is 4.40 Å². The molecule has 2 aromatic heterocycles. The van der Waals surface area contributed by atoms with Gasteiger partial charge in [-0.1, -0.05) is 0 Å². The minimum absolute atomic E-state index is 0.131. The number of hydrogen-bond donors (Lipinski definition) is 1. The molecule has 1 spiro atoms. The molecule has 4 heterocycles. The van der Waals surface area contributed by atoms with E-state index in [9.17, 15) is 0 Å². The van der Waals surface area contributed by atoms with Gasteiger partial charge in [-0.25, -0.2) is 9.97 Å². The average molecular weight is 380 g/mol. The summed E-state index contributed by atoms with van der Waals surface area (Å²) in [5, 5.41) is 0. The smallest absolute Gasteiger partial charge is 0.181 e. The van der Waals surface area contributed by atoms with Gasteiger partial charge in [0.2, 0.25) is 0 Å². The third-order valence-corrected chi connectivity index (χ3v) is 6.49. The van der Waals surface area contributed by atoms with E-state index in [-0.39, 0.29) is 17.6 Å². The Balaban J connectivity index is 1.62. The molecule has 0 aliphatic carbocycles. The molecule has 4 rings (SSSR count). The molecule has 2 N–H and O–H groups in total. The number of hydrogen-bond acceptors (Lipinski definition) is 5. The van der Waals surface area contributed by atoms with Gasteiger partial charge in [0.25, 0.3) is 0 Å². The molecule has 7 heteroatoms. The number of nitrogens with zero attached hydrogens (tertiary/aromatic N) is 4. The molecule has 2 unspecified atom stereocenters. The first-order chi connectivity index (χ1) is 11.0. The summed E-state index contributed by atoms with van der Waals surface area (Å²) in [6.07, 6.45) is 6.03. The molecule has 2 aliphatic heterocycles. The molecule has 124 valence electrons. The molecule has 2 saturated heterocycles. The van der Waals surface area contributed by atoms with Crippen molar-refractivity contribution in [3.8, 4) is 0 Å². The van der Waals surface area contributed by atoms with Crippen molar-refractivity contribution >= 4 is 27.4 Å². The second-order valence-electron chi connectivity index (χ2n) is 6.82. The molecule has 2 fully saturated rings. The maximum absolute atomic E-state index is 6.41. The van der Waals surface area contributed by atoms with Crippen molar-refractivity contribution in [3.63, 3.8) is 0 Å². The topological polar surface area (TPSA) is 68.7 Å². The van der Waals surface area contributed by atoms with Gasteiger partial charge in [0.1, 0.15) is 4.60 Å². The largest absolute Gasteiger partial charge is 0.376 e. The first kappa shape index (κ1) is 15.4. The monoisotopic (exact) mass is 379 g/mol. The molecule has 2 atom stereocenters. The van der Waals surface area contributed by atoms with Crippen LogP contribution in [0.15, 0.2) is 17.0 Å². The van der Waals surface area contributed by atoms with E-state index in [4.69, 9.17) is 15.5 Å². The summed E-state index contributed by atoms with van der Waals surface area (Å²) in [5.74, 6) is 0.964. The van der Waals surface area contributed by atoms with Crippen molar-refractivity contribution in [2.24, 2.45) is 11.1 Å². The normalized spacial score (nSPS) is 27.2. The Kier molecular flexibility index (Phi) is 3.62. The van der Waals surface area contributed by atoms with Crippen molar-refractivity contribution in [2.45, 2.75) is 38.8 Å². The minimum Gasteiger partial charge on any atom is -0.376 e. The lowest BCUT2D eigenvalue weighted by Crippen LogP contribution is -2.50. The van der Waals surface area contributed by atoms with Gasteiger partial charge in [0, 0.05) is 36.9 Å². The molecular weight excluding hydrogens is 358 g/mol. The van der Waals surface area contributed by atoms with Crippen molar-refractivity contribution in [2.75, 3.05) is 24.6 Å². The summed E-state index contributed by atoms with van der Waals surface area (Å²) in [6.45, 7) is 6.77. The highest BCUT2D eigenvalue weighted by atomic mass is 79.9. The molecule has 23 heavy (non-hydrogen) atoms. The van der Waals surface area contributed by atoms with Gasteiger partial charge >= 0.3 is 0 Å². The highest BCUT2D eigenvalue weighted by molar-refractivity contribution is 9.10. The highest BCUT2D eigenvalue weighted by Gasteiger charge is 2.47. The average Bonchev–Trinajstić information content (AvgIpc) is 3.14. The van der Waals surface area contributed by atoms with Crippen LogP contribution in [-0.4, -0.2) is 46.2 Å². The van der Waals surface area contributed by atoms with E-state index in [1.807, 2.05) is 19.3 Å². The van der Waals surface area contributed by atoms with Gasteiger partial charge < -0.3 is 15.4 Å². The quantitative estimate of drug-likeness (QED) is 0.821. The Morgan fingerprint density at radius 2 is 2.13 bits per heavy atom. The number of aryl methyl sites for hydroxylation is 1. The van der Waals surface area contributed by atoms with Crippen molar-refractivity contribution in [1.29, 1.82) is 0 Å². The van der Waals surface area contributed by atoms with Gasteiger partial charge in [-0.2, -0.15) is 0 Å². The van der Waals surface area contributed by atoms with E-state index >= 15 is 0 Å². The molecule has 0 aromatic carbocycles. The Morgan fingerprint density at radius 1 is 1.39 bits per heavy atom. The number of imidazole rings is 1. The summed E-state index contributed by atoms with van der Waals surface area (Å²) in [5.41, 5.74) is 8.41. The molecule has 0 amide bonds. The fraction of sp³-hybridized carbons (Fsp3) is 0.625. The van der Waals surface area contributed by atoms with Crippen molar-refractivity contribution in [3.05, 3.63) is 22.7 Å². The molecule has 2 aliphatic rings. The van der Waals surface area contributed by atoms with Gasteiger partial charge in [-0.05, 0) is 42.6 Å². The number of ether oxygens (including phenoxy) is 1. The number of anilines is 1. The number of halogens is 1. The van der Waals surface area contributed by atoms with Crippen LogP contribution in [0.3, 0.4) is 0 Å². The van der Waals surface area contributed by atoms with E-state index < -0.39 is 0 Å². The zero-order valence-corrected chi connectivity index (χ0v) is 15.1. The molecular formula is C16H22BrN5O. The van der Waals surface area contributed by atoms with Crippen LogP contribution in [0.4, 0.5) is 5.82 Å². The lowest BCUT2D eigenvalue weighted by molar-refractivity contribution is 0.0974. The first-order valence-corrected chi connectivity index (χ1v) is 8.92. The van der Waals surface area contributed by atoms with Crippen LogP contribution in [0.2, 0.25) is 0 Å². The zero-order chi connectivity index (χ0) is 16.2. The second kappa shape index (κ2) is 5.43. The summed E-state index contributed by atoms with van der Waals surface area (Å²) in [6, 6.07) is 0.135. The SMILES string of the molecule is Cc1nc(N2CCC3(CC2)COC(C)C3N)c2nccn2c1Br. The van der Waals surface area contributed by atoms with E-state index in [1.165, 1.54) is 0 Å². The Hall–Kier alpha value is -1.18. The number of fused-ring (bicyclic) bond motifs is 1. The highest BCUT2D eigenvalue weighted by Crippen LogP contribution is 2.42. The summed E-state index contributed by atoms with van der Waals surface area (Å²) >= 11 is 3.59. The summed E-state index contributed by atoms with van der Waals surface area (Å²) < 4.78 is 8.82. The van der Waals surface area contributed by atoms with Gasteiger partial charge in [0.15, 0.2) is 11.5 Å². The zero-order valence-electron chi connectivity index (χ0n) is 13.5. The summed E-state index contributed by atoms with van der Waals surface area (Å²) in [7, 11) is 0. The maximum atomic E-state index is 6.41. The standard InChI is InChI=1S/C16H22BrN5O/c1-10-13(17)22-8-5-19-14(22)15(20-10)21-6-3-16(4-7-21)9-23-11(2)12(16)18/h5,8,11-12H,3-4,6-7,9,18H2,1-2H3. The minimum atomic E-state index is 0.131. The third-order valence-electron chi connectivity index (χ3n) is 5.53. The predicted molar refractivity (Wildman–Crippen MR) is 92.7 cm³/mol. The van der Waals surface area contributed by atoms with E-state index in [0.717, 1.165) is 54.3 Å². The fourth-order valence-electron chi connectivity index (χ4n) is 3.91. The lowest BCUT2D eigenvalue weighted by Gasteiger charge is -2.41. The van der Waals surface area contributed by atoms with Crippen LogP contribution in [0, 0.1) is 12.3 Å². The molecule has 2 aromatic rings. The summed E-state index contributed by atoms with van der Waals surface area (Å²) in [4.78, 5) is 11.6. The number of nitrogens with two attached hydrogens (primary N) is 1. The van der Waals surface area contributed by atoms with Crippen LogP contribution in [-0.2, 0) is 4.74 Å². The number of piperidine rings is 1. The van der Waals surface area contributed by atoms with Crippen LogP contribution in [0.25, 0.3) is 5.65 Å². The fourth-order valence-corrected chi connectivity index (χ4v) is 4.28. The third kappa shape index (κ3) is 2.28. The first-order valence-electron chi connectivity index (χ1n) is 8.13. The van der Waals surface area contributed by atoms with Gasteiger partial charge in [-0.15, -0.1) is 0 Å². The van der Waals surface area contributed by atoms with Gasteiger partial charge in [0.05, 0.1) is 18.4 Å². The van der Waals surface area contributed by atoms with Crippen LogP contribution in [0.5, 0.6) is 0 Å². The molecule has 6 nitrogen and oxygen atoms in total. The van der Waals surface area contributed by atoms with E-state index in [2.05, 4.69) is 37.1 Å². The Labute approximate surface area is 144 Å². The molecule has 0 saturated carbocycles. The Bertz CT molecular complexity index is 737. The Morgan fingerprint density at radius 3 is 2.78 bits per heavy atom. The van der Waals surface area contributed by atoms with Crippen molar-refractivity contribution < 1.29 is 4.74 Å². The second-order valence-corrected chi connectivity index (χ2v) is 7.57.